The monoisotopic (exact) mass is 328 g/mol. The second kappa shape index (κ2) is 5.60. The van der Waals surface area contributed by atoms with Crippen LogP contribution in [0.3, 0.4) is 0 Å². The maximum atomic E-state index is 13.4. The number of hydrogen-bond donors (Lipinski definition) is 0. The summed E-state index contributed by atoms with van der Waals surface area (Å²) in [6.07, 6.45) is 6.70. The molecule has 2 fully saturated rings. The molecule has 124 valence electrons. The van der Waals surface area contributed by atoms with Gasteiger partial charge in [-0.05, 0) is 25.7 Å². The number of carbonyl (C=O) groups excluding carboxylic acids is 1. The number of thioether (sulfide) groups is 1. The Morgan fingerprint density at radius 2 is 2.00 bits per heavy atom. The van der Waals surface area contributed by atoms with Crippen molar-refractivity contribution in [3.63, 3.8) is 0 Å². The summed E-state index contributed by atoms with van der Waals surface area (Å²) in [5, 5.41) is 0. The minimum absolute atomic E-state index is 0.0107. The lowest BCUT2D eigenvalue weighted by atomic mass is 9.56. The van der Waals surface area contributed by atoms with Gasteiger partial charge in [-0.25, -0.2) is 0 Å². The van der Waals surface area contributed by atoms with Crippen LogP contribution < -0.4 is 0 Å². The Hall–Kier alpha value is -0.400. The van der Waals surface area contributed by atoms with Gasteiger partial charge in [0.1, 0.15) is 5.60 Å². The second-order valence-corrected chi connectivity index (χ2v) is 7.19. The van der Waals surface area contributed by atoms with Gasteiger partial charge in [-0.15, -0.1) is 0 Å². The number of ketones is 1. The van der Waals surface area contributed by atoms with E-state index in [2.05, 4.69) is 6.08 Å². The van der Waals surface area contributed by atoms with Crippen LogP contribution in [0.5, 0.6) is 0 Å². The first-order valence-electron chi connectivity index (χ1n) is 7.60. The quantitative estimate of drug-likeness (QED) is 0.716. The van der Waals surface area contributed by atoms with Gasteiger partial charge in [0.15, 0.2) is 11.4 Å². The highest BCUT2D eigenvalue weighted by Gasteiger charge is 2.68. The summed E-state index contributed by atoms with van der Waals surface area (Å²) in [6.45, 7) is 3.02. The predicted molar refractivity (Wildman–Crippen MR) is 83.9 cm³/mol. The zero-order chi connectivity index (χ0) is 16.0. The highest BCUT2D eigenvalue weighted by molar-refractivity contribution is 7.98. The average Bonchev–Trinajstić information content (AvgIpc) is 2.98. The van der Waals surface area contributed by atoms with Crippen LogP contribution in [-0.2, 0) is 23.7 Å². The van der Waals surface area contributed by atoms with Crippen LogP contribution in [0.4, 0.5) is 0 Å². The van der Waals surface area contributed by atoms with E-state index >= 15 is 0 Å². The predicted octanol–water partition coefficient (Wildman–Crippen LogP) is 1.66. The van der Waals surface area contributed by atoms with Gasteiger partial charge in [0.25, 0.3) is 0 Å². The Kier molecular flexibility index (Phi) is 4.19. The Morgan fingerprint density at radius 1 is 1.32 bits per heavy atom. The standard InChI is InChI=1S/C16H24O5S/c1-14(20-7-8-21-14)12-9-11-5-6-15(12,18-2)13(17)16(11,19-3)10-22-4/h5-6,11-12H,7-10H2,1-4H3/t11-,12-,15-,16+/m1/s1. The maximum absolute atomic E-state index is 13.4. The van der Waals surface area contributed by atoms with Gasteiger partial charge in [-0.1, -0.05) is 6.08 Å². The van der Waals surface area contributed by atoms with E-state index in [0.717, 1.165) is 6.42 Å². The van der Waals surface area contributed by atoms with Crippen LogP contribution in [0, 0.1) is 11.8 Å². The number of methoxy groups -OCH3 is 2. The molecule has 2 bridgehead atoms. The molecular weight excluding hydrogens is 304 g/mol. The molecule has 0 aromatic rings. The first kappa shape index (κ1) is 16.5. The minimum atomic E-state index is -1.04. The molecule has 3 aliphatic carbocycles. The molecule has 5 nitrogen and oxygen atoms in total. The molecule has 6 heteroatoms. The zero-order valence-electron chi connectivity index (χ0n) is 13.6. The number of fused-ring (bicyclic) bond motifs is 2. The third-order valence-corrected chi connectivity index (χ3v) is 6.19. The largest absolute Gasteiger partial charge is 0.369 e. The first-order chi connectivity index (χ1) is 10.5. The smallest absolute Gasteiger partial charge is 0.202 e. The molecule has 1 saturated carbocycles. The highest BCUT2D eigenvalue weighted by atomic mass is 32.2. The van der Waals surface area contributed by atoms with Crippen molar-refractivity contribution in [1.82, 2.24) is 0 Å². The van der Waals surface area contributed by atoms with Crippen molar-refractivity contribution in [1.29, 1.82) is 0 Å². The normalized spacial score (nSPS) is 43.0. The first-order valence-corrected chi connectivity index (χ1v) is 9.00. The molecule has 0 spiro atoms. The summed E-state index contributed by atoms with van der Waals surface area (Å²) in [5.41, 5.74) is -1.87. The van der Waals surface area contributed by atoms with Gasteiger partial charge in [0.2, 0.25) is 5.78 Å². The van der Waals surface area contributed by atoms with Crippen molar-refractivity contribution in [2.24, 2.45) is 11.8 Å². The fraction of sp³-hybridized carbons (Fsp3) is 0.812. The molecule has 0 amide bonds. The molecule has 4 aliphatic rings. The Labute approximate surface area is 135 Å². The fourth-order valence-corrected chi connectivity index (χ4v) is 5.18. The third-order valence-electron chi connectivity index (χ3n) is 5.48. The van der Waals surface area contributed by atoms with Gasteiger partial charge in [0.05, 0.1) is 19.1 Å². The van der Waals surface area contributed by atoms with Crippen LogP contribution in [0.25, 0.3) is 0 Å². The van der Waals surface area contributed by atoms with Gasteiger partial charge >= 0.3 is 0 Å². The van der Waals surface area contributed by atoms with E-state index in [4.69, 9.17) is 18.9 Å². The molecule has 1 aliphatic heterocycles. The zero-order valence-corrected chi connectivity index (χ0v) is 14.4. The molecule has 0 aromatic heterocycles. The lowest BCUT2D eigenvalue weighted by molar-refractivity contribution is -0.248. The van der Waals surface area contributed by atoms with Crippen LogP contribution >= 0.6 is 11.8 Å². The number of rotatable bonds is 5. The van der Waals surface area contributed by atoms with Crippen molar-refractivity contribution in [3.8, 4) is 0 Å². The van der Waals surface area contributed by atoms with E-state index in [1.54, 1.807) is 26.0 Å². The number of hydrogen-bond acceptors (Lipinski definition) is 6. The van der Waals surface area contributed by atoms with E-state index in [9.17, 15) is 4.79 Å². The third kappa shape index (κ3) is 1.97. The van der Waals surface area contributed by atoms with Crippen molar-refractivity contribution in [2.45, 2.75) is 30.3 Å². The second-order valence-electron chi connectivity index (χ2n) is 6.32. The molecule has 0 unspecified atom stereocenters. The molecule has 0 N–H and O–H groups in total. The fourth-order valence-electron chi connectivity index (χ4n) is 4.29. The van der Waals surface area contributed by atoms with Gasteiger partial charge in [0, 0.05) is 25.9 Å². The SMILES string of the molecule is CO[C@]12C=C[C@H](C[C@@H]1C1(C)OCCO1)[C@](CSC)(OC)C2=O. The van der Waals surface area contributed by atoms with Gasteiger partial charge in [-0.3, -0.25) is 4.79 Å². The van der Waals surface area contributed by atoms with Crippen LogP contribution in [-0.4, -0.2) is 62.2 Å². The topological polar surface area (TPSA) is 54.0 Å². The molecule has 0 radical (unpaired) electrons. The van der Waals surface area contributed by atoms with Gasteiger partial charge < -0.3 is 18.9 Å². The molecular formula is C16H24O5S. The Morgan fingerprint density at radius 3 is 2.55 bits per heavy atom. The number of ether oxygens (including phenoxy) is 4. The van der Waals surface area contributed by atoms with Crippen molar-refractivity contribution in [3.05, 3.63) is 12.2 Å². The summed E-state index contributed by atoms with van der Waals surface area (Å²) in [7, 11) is 3.20. The molecule has 1 heterocycles. The van der Waals surface area contributed by atoms with E-state index in [-0.39, 0.29) is 17.6 Å². The van der Waals surface area contributed by atoms with Crippen molar-refractivity contribution in [2.75, 3.05) is 39.4 Å². The lowest BCUT2D eigenvalue weighted by Gasteiger charge is -2.57. The molecule has 1 saturated heterocycles. The lowest BCUT2D eigenvalue weighted by Crippen LogP contribution is -2.71. The summed E-state index contributed by atoms with van der Waals surface area (Å²) in [6, 6.07) is 0. The summed E-state index contributed by atoms with van der Waals surface area (Å²) < 4.78 is 23.2. The highest BCUT2D eigenvalue weighted by Crippen LogP contribution is 2.55. The maximum Gasteiger partial charge on any atom is 0.202 e. The van der Waals surface area contributed by atoms with Crippen LogP contribution in [0.15, 0.2) is 12.2 Å². The van der Waals surface area contributed by atoms with Crippen molar-refractivity contribution < 1.29 is 23.7 Å². The van der Waals surface area contributed by atoms with E-state index in [0.29, 0.717) is 19.0 Å². The summed E-state index contributed by atoms with van der Waals surface area (Å²) >= 11 is 1.62. The van der Waals surface area contributed by atoms with Crippen molar-refractivity contribution >= 4 is 17.5 Å². The minimum Gasteiger partial charge on any atom is -0.369 e. The van der Waals surface area contributed by atoms with E-state index < -0.39 is 17.0 Å². The molecule has 0 aromatic carbocycles. The van der Waals surface area contributed by atoms with E-state index in [1.807, 2.05) is 19.3 Å². The Balaban J connectivity index is 2.05. The summed E-state index contributed by atoms with van der Waals surface area (Å²) in [5.74, 6) is -0.325. The van der Waals surface area contributed by atoms with E-state index in [1.165, 1.54) is 0 Å². The average molecular weight is 328 g/mol. The van der Waals surface area contributed by atoms with Crippen LogP contribution in [0.1, 0.15) is 13.3 Å². The number of carbonyl (C=O) groups is 1. The Bertz CT molecular complexity index is 487. The van der Waals surface area contributed by atoms with Gasteiger partial charge in [-0.2, -0.15) is 11.8 Å². The molecule has 22 heavy (non-hydrogen) atoms. The molecule has 4 atom stereocenters. The molecule has 4 rings (SSSR count). The summed E-state index contributed by atoms with van der Waals surface area (Å²) in [4.78, 5) is 13.4. The van der Waals surface area contributed by atoms with Crippen LogP contribution in [0.2, 0.25) is 0 Å². The number of Topliss-reactive ketones (excluding diaryl/α,β-unsaturated/α-hetero) is 1.